The summed E-state index contributed by atoms with van der Waals surface area (Å²) >= 11 is 6.03. The summed E-state index contributed by atoms with van der Waals surface area (Å²) < 4.78 is 11.1. The Morgan fingerprint density at radius 2 is 2.09 bits per heavy atom. The Kier molecular flexibility index (Phi) is 4.39. The first kappa shape index (κ1) is 15.0. The van der Waals surface area contributed by atoms with Crippen LogP contribution < -0.4 is 4.74 Å². The Hall–Kier alpha value is -1.94. The van der Waals surface area contributed by atoms with Gasteiger partial charge in [-0.05, 0) is 44.0 Å². The first-order chi connectivity index (χ1) is 10.6. The van der Waals surface area contributed by atoms with Crippen molar-refractivity contribution in [3.63, 3.8) is 0 Å². The lowest BCUT2D eigenvalue weighted by molar-refractivity contribution is -0.134. The molecule has 1 aromatic carbocycles. The number of rotatable bonds is 6. The summed E-state index contributed by atoms with van der Waals surface area (Å²) in [6.45, 7) is 2.37. The van der Waals surface area contributed by atoms with Gasteiger partial charge in [0, 0.05) is 6.04 Å². The van der Waals surface area contributed by atoms with Crippen LogP contribution in [0.3, 0.4) is 0 Å². The van der Waals surface area contributed by atoms with Gasteiger partial charge in [-0.25, -0.2) is 0 Å². The average Bonchev–Trinajstić information content (AvgIpc) is 3.26. The number of nitrogens with zero attached hydrogens (tertiary/aromatic N) is 1. The number of aryl methyl sites for hydroxylation is 1. The molecule has 0 bridgehead atoms. The van der Waals surface area contributed by atoms with Gasteiger partial charge in [-0.1, -0.05) is 23.7 Å². The second-order valence-corrected chi connectivity index (χ2v) is 5.89. The third-order valence-electron chi connectivity index (χ3n) is 3.62. The van der Waals surface area contributed by atoms with E-state index in [4.69, 9.17) is 20.8 Å². The number of hydrogen-bond donors (Lipinski definition) is 0. The van der Waals surface area contributed by atoms with Gasteiger partial charge in [-0.3, -0.25) is 4.79 Å². The first-order valence-corrected chi connectivity index (χ1v) is 7.73. The van der Waals surface area contributed by atoms with Gasteiger partial charge >= 0.3 is 0 Å². The van der Waals surface area contributed by atoms with Crippen LogP contribution in [0, 0.1) is 6.92 Å². The van der Waals surface area contributed by atoms with Gasteiger partial charge in [0.15, 0.2) is 6.61 Å². The SMILES string of the molecule is Cc1ccc(CN(C(=O)COc2ccccc2Cl)C2CC2)o1. The van der Waals surface area contributed by atoms with Gasteiger partial charge in [0.1, 0.15) is 17.3 Å². The highest BCUT2D eigenvalue weighted by Crippen LogP contribution is 2.29. The predicted octanol–water partition coefficient (Wildman–Crippen LogP) is 3.81. The van der Waals surface area contributed by atoms with Crippen molar-refractivity contribution in [1.82, 2.24) is 4.90 Å². The lowest BCUT2D eigenvalue weighted by Gasteiger charge is -2.21. The van der Waals surface area contributed by atoms with E-state index in [0.29, 0.717) is 23.4 Å². The summed E-state index contributed by atoms with van der Waals surface area (Å²) in [5.74, 6) is 2.14. The van der Waals surface area contributed by atoms with Crippen molar-refractivity contribution in [2.75, 3.05) is 6.61 Å². The van der Waals surface area contributed by atoms with E-state index in [2.05, 4.69) is 0 Å². The molecule has 0 saturated heterocycles. The van der Waals surface area contributed by atoms with Crippen LogP contribution in [0.2, 0.25) is 5.02 Å². The van der Waals surface area contributed by atoms with E-state index < -0.39 is 0 Å². The molecule has 116 valence electrons. The lowest BCUT2D eigenvalue weighted by Crippen LogP contribution is -2.36. The third kappa shape index (κ3) is 3.63. The van der Waals surface area contributed by atoms with Crippen molar-refractivity contribution >= 4 is 17.5 Å². The normalized spacial score (nSPS) is 13.9. The van der Waals surface area contributed by atoms with Gasteiger partial charge in [0.2, 0.25) is 0 Å². The highest BCUT2D eigenvalue weighted by atomic mass is 35.5. The molecular weight excluding hydrogens is 302 g/mol. The minimum Gasteiger partial charge on any atom is -0.482 e. The van der Waals surface area contributed by atoms with Crippen LogP contribution in [-0.4, -0.2) is 23.5 Å². The molecule has 0 unspecified atom stereocenters. The molecular formula is C17H18ClNO3. The minimum absolute atomic E-state index is 0.0140. The molecule has 1 aliphatic rings. The molecule has 5 heteroatoms. The summed E-state index contributed by atoms with van der Waals surface area (Å²) in [5.41, 5.74) is 0. The van der Waals surface area contributed by atoms with E-state index in [9.17, 15) is 4.79 Å². The Balaban J connectivity index is 1.62. The average molecular weight is 320 g/mol. The minimum atomic E-state index is -0.0449. The molecule has 1 heterocycles. The zero-order chi connectivity index (χ0) is 15.5. The maximum absolute atomic E-state index is 12.4. The van der Waals surface area contributed by atoms with E-state index in [1.165, 1.54) is 0 Å². The molecule has 1 fully saturated rings. The van der Waals surface area contributed by atoms with Crippen molar-refractivity contribution in [1.29, 1.82) is 0 Å². The second kappa shape index (κ2) is 6.44. The Labute approximate surface area is 134 Å². The van der Waals surface area contributed by atoms with Crippen molar-refractivity contribution in [2.24, 2.45) is 0 Å². The first-order valence-electron chi connectivity index (χ1n) is 7.35. The number of ether oxygens (including phenoxy) is 1. The molecule has 1 aliphatic carbocycles. The van der Waals surface area contributed by atoms with Crippen LogP contribution in [0.15, 0.2) is 40.8 Å². The van der Waals surface area contributed by atoms with Crippen LogP contribution in [0.25, 0.3) is 0 Å². The molecule has 1 amide bonds. The fourth-order valence-corrected chi connectivity index (χ4v) is 2.52. The number of carbonyl (C=O) groups excluding carboxylic acids is 1. The Morgan fingerprint density at radius 3 is 2.73 bits per heavy atom. The molecule has 0 radical (unpaired) electrons. The molecule has 22 heavy (non-hydrogen) atoms. The van der Waals surface area contributed by atoms with Crippen LogP contribution in [-0.2, 0) is 11.3 Å². The van der Waals surface area contributed by atoms with Gasteiger partial charge in [-0.15, -0.1) is 0 Å². The highest BCUT2D eigenvalue weighted by Gasteiger charge is 2.33. The van der Waals surface area contributed by atoms with E-state index in [1.54, 1.807) is 12.1 Å². The summed E-state index contributed by atoms with van der Waals surface area (Å²) in [5, 5.41) is 0.509. The molecule has 4 nitrogen and oxygen atoms in total. The van der Waals surface area contributed by atoms with E-state index in [-0.39, 0.29) is 12.5 Å². The summed E-state index contributed by atoms with van der Waals surface area (Å²) in [6, 6.07) is 11.3. The zero-order valence-corrected chi connectivity index (χ0v) is 13.2. The fraction of sp³-hybridized carbons (Fsp3) is 0.353. The van der Waals surface area contributed by atoms with Gasteiger partial charge in [0.05, 0.1) is 11.6 Å². The van der Waals surface area contributed by atoms with Gasteiger partial charge in [0.25, 0.3) is 5.91 Å². The number of halogens is 1. The van der Waals surface area contributed by atoms with Crippen LogP contribution in [0.4, 0.5) is 0 Å². The maximum atomic E-state index is 12.4. The molecule has 1 saturated carbocycles. The molecule has 0 spiro atoms. The molecule has 1 aromatic heterocycles. The zero-order valence-electron chi connectivity index (χ0n) is 12.4. The van der Waals surface area contributed by atoms with Crippen molar-refractivity contribution in [3.8, 4) is 5.75 Å². The fourth-order valence-electron chi connectivity index (χ4n) is 2.33. The summed E-state index contributed by atoms with van der Waals surface area (Å²) in [4.78, 5) is 14.3. The van der Waals surface area contributed by atoms with Gasteiger partial charge in [-0.2, -0.15) is 0 Å². The van der Waals surface area contributed by atoms with E-state index >= 15 is 0 Å². The second-order valence-electron chi connectivity index (χ2n) is 5.48. The van der Waals surface area contributed by atoms with E-state index in [1.807, 2.05) is 36.1 Å². The monoisotopic (exact) mass is 319 g/mol. The standard InChI is InChI=1S/C17H18ClNO3/c1-12-6-9-14(22-12)10-19(13-7-8-13)17(20)11-21-16-5-3-2-4-15(16)18/h2-6,9,13H,7-8,10-11H2,1H3. The van der Waals surface area contributed by atoms with Crippen LogP contribution in [0.1, 0.15) is 24.4 Å². The van der Waals surface area contributed by atoms with Gasteiger partial charge < -0.3 is 14.1 Å². The number of amides is 1. The number of benzene rings is 1. The predicted molar refractivity (Wildman–Crippen MR) is 84.0 cm³/mol. The quantitative estimate of drug-likeness (QED) is 0.813. The smallest absolute Gasteiger partial charge is 0.261 e. The number of furan rings is 1. The highest BCUT2D eigenvalue weighted by molar-refractivity contribution is 6.32. The maximum Gasteiger partial charge on any atom is 0.261 e. The molecule has 3 rings (SSSR count). The molecule has 0 N–H and O–H groups in total. The van der Waals surface area contributed by atoms with Crippen LogP contribution >= 0.6 is 11.6 Å². The summed E-state index contributed by atoms with van der Waals surface area (Å²) in [6.07, 6.45) is 2.08. The topological polar surface area (TPSA) is 42.7 Å². The largest absolute Gasteiger partial charge is 0.482 e. The number of para-hydroxylation sites is 1. The molecule has 0 aliphatic heterocycles. The number of hydrogen-bond acceptors (Lipinski definition) is 3. The van der Waals surface area contributed by atoms with Crippen molar-refractivity contribution in [3.05, 3.63) is 52.9 Å². The Bertz CT molecular complexity index is 663. The third-order valence-corrected chi connectivity index (χ3v) is 3.93. The molecule has 2 aromatic rings. The lowest BCUT2D eigenvalue weighted by atomic mass is 10.3. The van der Waals surface area contributed by atoms with Crippen LogP contribution in [0.5, 0.6) is 5.75 Å². The van der Waals surface area contributed by atoms with Crippen molar-refractivity contribution < 1.29 is 13.9 Å². The summed E-state index contributed by atoms with van der Waals surface area (Å²) in [7, 11) is 0. The Morgan fingerprint density at radius 1 is 1.32 bits per heavy atom. The number of carbonyl (C=O) groups is 1. The molecule has 0 atom stereocenters. The van der Waals surface area contributed by atoms with E-state index in [0.717, 1.165) is 24.4 Å². The van der Waals surface area contributed by atoms with Crippen molar-refractivity contribution in [2.45, 2.75) is 32.4 Å².